The van der Waals surface area contributed by atoms with Gasteiger partial charge in [-0.3, -0.25) is 9.36 Å². The van der Waals surface area contributed by atoms with Gasteiger partial charge in [-0.05, 0) is 44.6 Å². The Bertz CT molecular complexity index is 864. The fraction of sp³-hybridized carbons (Fsp3) is 0.316. The molecule has 0 saturated heterocycles. The normalized spacial score (nSPS) is 12.0. The highest BCUT2D eigenvalue weighted by atomic mass is 32.1. The van der Waals surface area contributed by atoms with Crippen molar-refractivity contribution in [2.75, 3.05) is 5.32 Å². The number of aromatic nitrogens is 4. The molecule has 7 heteroatoms. The molecule has 3 aromatic rings. The van der Waals surface area contributed by atoms with Crippen molar-refractivity contribution in [3.8, 4) is 0 Å². The molecule has 0 aliphatic heterocycles. The van der Waals surface area contributed by atoms with E-state index in [-0.39, 0.29) is 6.04 Å². The second kappa shape index (κ2) is 8.14. The van der Waals surface area contributed by atoms with E-state index in [4.69, 9.17) is 12.2 Å². The first-order valence-corrected chi connectivity index (χ1v) is 9.13. The summed E-state index contributed by atoms with van der Waals surface area (Å²) in [5.74, 6) is 0. The highest BCUT2D eigenvalue weighted by molar-refractivity contribution is 7.80. The average Bonchev–Trinajstić information content (AvgIpc) is 3.26. The summed E-state index contributed by atoms with van der Waals surface area (Å²) in [6.45, 7) is 7.77. The molecular weight excluding hydrogens is 344 g/mol. The van der Waals surface area contributed by atoms with E-state index in [0.29, 0.717) is 5.11 Å². The first-order chi connectivity index (χ1) is 12.5. The highest BCUT2D eigenvalue weighted by Gasteiger charge is 2.10. The van der Waals surface area contributed by atoms with Crippen molar-refractivity contribution in [3.63, 3.8) is 0 Å². The Morgan fingerprint density at radius 2 is 1.96 bits per heavy atom. The minimum Gasteiger partial charge on any atom is -0.354 e. The van der Waals surface area contributed by atoms with E-state index in [9.17, 15) is 0 Å². The Kier molecular flexibility index (Phi) is 5.68. The van der Waals surface area contributed by atoms with Crippen LogP contribution in [0.15, 0.2) is 48.9 Å². The number of nitrogens with zero attached hydrogens (tertiary/aromatic N) is 4. The van der Waals surface area contributed by atoms with Crippen LogP contribution in [0.5, 0.6) is 0 Å². The van der Waals surface area contributed by atoms with Crippen LogP contribution in [0.4, 0.5) is 5.69 Å². The zero-order valence-corrected chi connectivity index (χ0v) is 16.1. The average molecular weight is 369 g/mol. The Balaban J connectivity index is 1.54. The third-order valence-electron chi connectivity index (χ3n) is 4.13. The first-order valence-electron chi connectivity index (χ1n) is 8.72. The van der Waals surface area contributed by atoms with Gasteiger partial charge in [-0.1, -0.05) is 29.8 Å². The van der Waals surface area contributed by atoms with E-state index in [1.165, 1.54) is 11.1 Å². The predicted molar refractivity (Wildman–Crippen MR) is 108 cm³/mol. The summed E-state index contributed by atoms with van der Waals surface area (Å²) in [5, 5.41) is 15.9. The van der Waals surface area contributed by atoms with Crippen LogP contribution in [0.25, 0.3) is 0 Å². The van der Waals surface area contributed by atoms with Crippen molar-refractivity contribution in [2.45, 2.75) is 39.9 Å². The molecule has 0 fully saturated rings. The Morgan fingerprint density at radius 3 is 2.65 bits per heavy atom. The lowest BCUT2D eigenvalue weighted by Crippen LogP contribution is -2.31. The van der Waals surface area contributed by atoms with Crippen LogP contribution in [0.2, 0.25) is 0 Å². The van der Waals surface area contributed by atoms with Crippen LogP contribution in [0.1, 0.15) is 36.7 Å². The van der Waals surface area contributed by atoms with Crippen molar-refractivity contribution in [1.29, 1.82) is 0 Å². The fourth-order valence-electron chi connectivity index (χ4n) is 2.62. The van der Waals surface area contributed by atoms with Gasteiger partial charge in [-0.15, -0.1) is 0 Å². The third kappa shape index (κ3) is 4.70. The molecule has 0 bridgehead atoms. The van der Waals surface area contributed by atoms with E-state index in [2.05, 4.69) is 58.9 Å². The summed E-state index contributed by atoms with van der Waals surface area (Å²) in [6.07, 6.45) is 5.70. The standard InChI is InChI=1S/C19H24N6S/c1-4-24-10-9-18(23-24)15(3)21-19(26)22-17-11-20-25(13-17)12-16-7-5-14(2)6-8-16/h5-11,13,15H,4,12H2,1-3H3,(H2,21,22,26). The van der Waals surface area contributed by atoms with Gasteiger partial charge in [-0.25, -0.2) is 0 Å². The monoisotopic (exact) mass is 368 g/mol. The zero-order chi connectivity index (χ0) is 18.5. The van der Waals surface area contributed by atoms with Crippen molar-refractivity contribution in [3.05, 3.63) is 65.7 Å². The van der Waals surface area contributed by atoms with Gasteiger partial charge in [0.2, 0.25) is 0 Å². The van der Waals surface area contributed by atoms with E-state index < -0.39 is 0 Å². The molecule has 2 aromatic heterocycles. The zero-order valence-electron chi connectivity index (χ0n) is 15.3. The predicted octanol–water partition coefficient (Wildman–Crippen LogP) is 3.50. The number of aryl methyl sites for hydroxylation is 2. The number of hydrogen-bond donors (Lipinski definition) is 2. The highest BCUT2D eigenvalue weighted by Crippen LogP contribution is 2.12. The molecule has 0 radical (unpaired) electrons. The summed E-state index contributed by atoms with van der Waals surface area (Å²) >= 11 is 5.41. The van der Waals surface area contributed by atoms with E-state index in [1.54, 1.807) is 6.20 Å². The second-order valence-corrected chi connectivity index (χ2v) is 6.74. The number of thiocarbonyl (C=S) groups is 1. The molecule has 6 nitrogen and oxygen atoms in total. The Hall–Kier alpha value is -2.67. The second-order valence-electron chi connectivity index (χ2n) is 6.33. The topological polar surface area (TPSA) is 59.7 Å². The lowest BCUT2D eigenvalue weighted by molar-refractivity contribution is 0.613. The summed E-state index contributed by atoms with van der Waals surface area (Å²) < 4.78 is 3.79. The maximum Gasteiger partial charge on any atom is 0.171 e. The number of nitrogens with one attached hydrogen (secondary N) is 2. The van der Waals surface area contributed by atoms with Gasteiger partial charge in [0.05, 0.1) is 30.2 Å². The molecule has 0 aliphatic carbocycles. The van der Waals surface area contributed by atoms with E-state index in [0.717, 1.165) is 24.5 Å². The van der Waals surface area contributed by atoms with Crippen LogP contribution >= 0.6 is 12.2 Å². The molecule has 0 aliphatic rings. The van der Waals surface area contributed by atoms with Gasteiger partial charge < -0.3 is 10.6 Å². The fourth-order valence-corrected chi connectivity index (χ4v) is 2.91. The quantitative estimate of drug-likeness (QED) is 0.652. The van der Waals surface area contributed by atoms with Gasteiger partial charge in [-0.2, -0.15) is 10.2 Å². The minimum atomic E-state index is 0.0328. The smallest absolute Gasteiger partial charge is 0.171 e. The lowest BCUT2D eigenvalue weighted by atomic mass is 10.1. The van der Waals surface area contributed by atoms with Crippen LogP contribution in [-0.2, 0) is 13.1 Å². The Labute approximate surface area is 159 Å². The maximum absolute atomic E-state index is 5.41. The van der Waals surface area contributed by atoms with Crippen LogP contribution in [0.3, 0.4) is 0 Å². The number of anilines is 1. The third-order valence-corrected chi connectivity index (χ3v) is 4.35. The van der Waals surface area contributed by atoms with Gasteiger partial charge in [0.25, 0.3) is 0 Å². The van der Waals surface area contributed by atoms with E-state index in [1.807, 2.05) is 34.7 Å². The molecule has 0 spiro atoms. The number of rotatable bonds is 6. The first kappa shape index (κ1) is 18.1. The summed E-state index contributed by atoms with van der Waals surface area (Å²) in [4.78, 5) is 0. The van der Waals surface area contributed by atoms with Crippen molar-refractivity contribution >= 4 is 23.0 Å². The Morgan fingerprint density at radius 1 is 1.19 bits per heavy atom. The van der Waals surface area contributed by atoms with Crippen LogP contribution < -0.4 is 10.6 Å². The molecule has 2 heterocycles. The number of hydrogen-bond acceptors (Lipinski definition) is 3. The molecule has 1 unspecified atom stereocenters. The van der Waals surface area contributed by atoms with Crippen LogP contribution in [-0.4, -0.2) is 24.7 Å². The molecule has 0 saturated carbocycles. The van der Waals surface area contributed by atoms with Gasteiger partial charge in [0.1, 0.15) is 0 Å². The summed E-state index contributed by atoms with van der Waals surface area (Å²) in [5.41, 5.74) is 4.30. The molecule has 0 amide bonds. The maximum atomic E-state index is 5.41. The lowest BCUT2D eigenvalue weighted by Gasteiger charge is -2.14. The minimum absolute atomic E-state index is 0.0328. The summed E-state index contributed by atoms with van der Waals surface area (Å²) in [7, 11) is 0. The van der Waals surface area contributed by atoms with Crippen molar-refractivity contribution in [1.82, 2.24) is 24.9 Å². The molecule has 2 N–H and O–H groups in total. The molecule has 1 aromatic carbocycles. The van der Waals surface area contributed by atoms with Crippen molar-refractivity contribution in [2.24, 2.45) is 0 Å². The van der Waals surface area contributed by atoms with Gasteiger partial charge in [0, 0.05) is 18.9 Å². The molecule has 26 heavy (non-hydrogen) atoms. The number of benzene rings is 1. The van der Waals surface area contributed by atoms with Gasteiger partial charge in [0.15, 0.2) is 5.11 Å². The molecule has 1 atom stereocenters. The van der Waals surface area contributed by atoms with Crippen LogP contribution in [0, 0.1) is 6.92 Å². The SMILES string of the molecule is CCn1ccc(C(C)NC(=S)Nc2cnn(Cc3ccc(C)cc3)c2)n1. The van der Waals surface area contributed by atoms with E-state index >= 15 is 0 Å². The molecule has 3 rings (SSSR count). The van der Waals surface area contributed by atoms with Crippen molar-refractivity contribution < 1.29 is 0 Å². The summed E-state index contributed by atoms with van der Waals surface area (Å²) in [6, 6.07) is 10.5. The van der Waals surface area contributed by atoms with Gasteiger partial charge >= 0.3 is 0 Å². The molecule has 136 valence electrons. The largest absolute Gasteiger partial charge is 0.354 e. The molecular formula is C19H24N6S.